The number of hydrogen-bond donors (Lipinski definition) is 1. The summed E-state index contributed by atoms with van der Waals surface area (Å²) in [4.78, 5) is 0. The van der Waals surface area contributed by atoms with Gasteiger partial charge in [-0.2, -0.15) is 0 Å². The van der Waals surface area contributed by atoms with Gasteiger partial charge in [0.2, 0.25) is 0 Å². The fourth-order valence-corrected chi connectivity index (χ4v) is 2.31. The van der Waals surface area contributed by atoms with Gasteiger partial charge >= 0.3 is 0 Å². The Morgan fingerprint density at radius 1 is 1.05 bits per heavy atom. The molecule has 0 spiro atoms. The molecule has 0 bridgehead atoms. The van der Waals surface area contributed by atoms with Crippen LogP contribution in [0.4, 0.5) is 0 Å². The summed E-state index contributed by atoms with van der Waals surface area (Å²) in [5.74, 6) is 0.909. The van der Waals surface area contributed by atoms with Gasteiger partial charge in [-0.05, 0) is 35.0 Å². The fourth-order valence-electron chi connectivity index (χ4n) is 2.31. The molecule has 2 heteroatoms. The molecular weight excluding hydrogens is 234 g/mol. The van der Waals surface area contributed by atoms with Crippen LogP contribution in [0.3, 0.4) is 0 Å². The second-order valence-electron chi connectivity index (χ2n) is 5.59. The quantitative estimate of drug-likeness (QED) is 0.881. The smallest absolute Gasteiger partial charge is 0.119 e. The molecular formula is C17H23NO. The first kappa shape index (κ1) is 13.9. The highest BCUT2D eigenvalue weighted by molar-refractivity contribution is 5.84. The first-order chi connectivity index (χ1) is 9.06. The molecule has 0 aliphatic carbocycles. The molecule has 2 nitrogen and oxygen atoms in total. The third-order valence-electron chi connectivity index (χ3n) is 3.65. The van der Waals surface area contributed by atoms with E-state index in [1.54, 1.807) is 7.11 Å². The molecule has 0 amide bonds. The SMILES string of the molecule is CCNCC(C)(C)c1ccc2cc(OC)ccc2c1. The van der Waals surface area contributed by atoms with Gasteiger partial charge in [0.1, 0.15) is 5.75 Å². The van der Waals surface area contributed by atoms with Crippen LogP contribution in [0.2, 0.25) is 0 Å². The molecule has 19 heavy (non-hydrogen) atoms. The Morgan fingerprint density at radius 3 is 2.42 bits per heavy atom. The molecule has 1 N–H and O–H groups in total. The van der Waals surface area contributed by atoms with Gasteiger partial charge in [0.15, 0.2) is 0 Å². The number of hydrogen-bond acceptors (Lipinski definition) is 2. The molecule has 0 aromatic heterocycles. The Labute approximate surface area is 115 Å². The summed E-state index contributed by atoms with van der Waals surface area (Å²) in [6.45, 7) is 8.70. The van der Waals surface area contributed by atoms with Gasteiger partial charge in [0.25, 0.3) is 0 Å². The second-order valence-corrected chi connectivity index (χ2v) is 5.59. The van der Waals surface area contributed by atoms with E-state index in [0.29, 0.717) is 0 Å². The van der Waals surface area contributed by atoms with Crippen molar-refractivity contribution in [1.82, 2.24) is 5.32 Å². The standard InChI is InChI=1S/C17H23NO/c1-5-18-12-17(2,3)15-8-6-14-11-16(19-4)9-7-13(14)10-15/h6-11,18H,5,12H2,1-4H3. The molecule has 2 aromatic carbocycles. The van der Waals surface area contributed by atoms with Crippen molar-refractivity contribution in [3.63, 3.8) is 0 Å². The van der Waals surface area contributed by atoms with E-state index in [0.717, 1.165) is 18.8 Å². The van der Waals surface area contributed by atoms with Crippen LogP contribution in [0.5, 0.6) is 5.75 Å². The van der Waals surface area contributed by atoms with Gasteiger partial charge in [0.05, 0.1) is 7.11 Å². The van der Waals surface area contributed by atoms with E-state index in [-0.39, 0.29) is 5.41 Å². The predicted octanol–water partition coefficient (Wildman–Crippen LogP) is 3.74. The van der Waals surface area contributed by atoms with Gasteiger partial charge in [-0.15, -0.1) is 0 Å². The lowest BCUT2D eigenvalue weighted by Crippen LogP contribution is -2.32. The lowest BCUT2D eigenvalue weighted by Gasteiger charge is -2.26. The Hall–Kier alpha value is -1.54. The molecule has 0 heterocycles. The Morgan fingerprint density at radius 2 is 1.74 bits per heavy atom. The van der Waals surface area contributed by atoms with Gasteiger partial charge < -0.3 is 10.1 Å². The third-order valence-corrected chi connectivity index (χ3v) is 3.65. The molecule has 2 aromatic rings. The summed E-state index contributed by atoms with van der Waals surface area (Å²) in [6, 6.07) is 12.9. The normalized spacial score (nSPS) is 11.8. The number of nitrogens with one attached hydrogen (secondary N) is 1. The largest absolute Gasteiger partial charge is 0.497 e. The second kappa shape index (κ2) is 5.62. The maximum atomic E-state index is 5.26. The molecule has 0 fully saturated rings. The van der Waals surface area contributed by atoms with Crippen molar-refractivity contribution in [1.29, 1.82) is 0 Å². The minimum absolute atomic E-state index is 0.143. The molecule has 0 saturated heterocycles. The maximum Gasteiger partial charge on any atom is 0.119 e. The maximum absolute atomic E-state index is 5.26. The van der Waals surface area contributed by atoms with E-state index in [1.807, 2.05) is 6.07 Å². The zero-order valence-corrected chi connectivity index (χ0v) is 12.3. The molecule has 0 radical (unpaired) electrons. The Bertz CT molecular complexity index is 560. The molecule has 0 aliphatic rings. The number of fused-ring (bicyclic) bond motifs is 1. The van der Waals surface area contributed by atoms with Gasteiger partial charge in [-0.25, -0.2) is 0 Å². The molecule has 0 unspecified atom stereocenters. The van der Waals surface area contributed by atoms with Gasteiger partial charge in [0, 0.05) is 12.0 Å². The lowest BCUT2D eigenvalue weighted by atomic mass is 9.83. The molecule has 102 valence electrons. The highest BCUT2D eigenvalue weighted by Crippen LogP contribution is 2.28. The minimum atomic E-state index is 0.143. The number of ether oxygens (including phenoxy) is 1. The van der Waals surface area contributed by atoms with Crippen molar-refractivity contribution in [2.75, 3.05) is 20.2 Å². The summed E-state index contributed by atoms with van der Waals surface area (Å²) in [6.07, 6.45) is 0. The van der Waals surface area contributed by atoms with Crippen molar-refractivity contribution >= 4 is 10.8 Å². The third kappa shape index (κ3) is 3.07. The average molecular weight is 257 g/mol. The summed E-state index contributed by atoms with van der Waals surface area (Å²) in [5.41, 5.74) is 1.51. The Balaban J connectivity index is 2.36. The number of rotatable bonds is 5. The predicted molar refractivity (Wildman–Crippen MR) is 82.1 cm³/mol. The molecule has 0 atom stereocenters. The first-order valence-corrected chi connectivity index (χ1v) is 6.86. The van der Waals surface area contributed by atoms with Crippen molar-refractivity contribution < 1.29 is 4.74 Å². The van der Waals surface area contributed by atoms with Crippen LogP contribution in [0.1, 0.15) is 26.3 Å². The van der Waals surface area contributed by atoms with Crippen LogP contribution in [0.15, 0.2) is 36.4 Å². The highest BCUT2D eigenvalue weighted by Gasteiger charge is 2.20. The van der Waals surface area contributed by atoms with Crippen LogP contribution < -0.4 is 10.1 Å². The summed E-state index contributed by atoms with van der Waals surface area (Å²) in [5, 5.41) is 5.92. The van der Waals surface area contributed by atoms with E-state index < -0.39 is 0 Å². The van der Waals surface area contributed by atoms with Crippen molar-refractivity contribution in [2.24, 2.45) is 0 Å². The van der Waals surface area contributed by atoms with Crippen molar-refractivity contribution in [3.8, 4) is 5.75 Å². The van der Waals surface area contributed by atoms with Gasteiger partial charge in [-0.1, -0.05) is 45.0 Å². The van der Waals surface area contributed by atoms with E-state index >= 15 is 0 Å². The van der Waals surface area contributed by atoms with E-state index in [2.05, 4.69) is 56.4 Å². The van der Waals surface area contributed by atoms with Crippen LogP contribution in [-0.2, 0) is 5.41 Å². The number of methoxy groups -OCH3 is 1. The molecule has 0 saturated carbocycles. The minimum Gasteiger partial charge on any atom is -0.497 e. The van der Waals surface area contributed by atoms with Crippen LogP contribution >= 0.6 is 0 Å². The first-order valence-electron chi connectivity index (χ1n) is 6.86. The fraction of sp³-hybridized carbons (Fsp3) is 0.412. The topological polar surface area (TPSA) is 21.3 Å². The summed E-state index contributed by atoms with van der Waals surface area (Å²) >= 11 is 0. The lowest BCUT2D eigenvalue weighted by molar-refractivity contribution is 0.415. The average Bonchev–Trinajstić information content (AvgIpc) is 2.44. The zero-order chi connectivity index (χ0) is 13.9. The van der Waals surface area contributed by atoms with E-state index in [9.17, 15) is 0 Å². The van der Waals surface area contributed by atoms with E-state index in [4.69, 9.17) is 4.74 Å². The molecule has 2 rings (SSSR count). The number of benzene rings is 2. The number of likely N-dealkylation sites (N-methyl/N-ethyl adjacent to an activating group) is 1. The Kier molecular flexibility index (Phi) is 4.11. The highest BCUT2D eigenvalue weighted by atomic mass is 16.5. The van der Waals surface area contributed by atoms with Crippen LogP contribution in [0.25, 0.3) is 10.8 Å². The van der Waals surface area contributed by atoms with Crippen LogP contribution in [-0.4, -0.2) is 20.2 Å². The zero-order valence-electron chi connectivity index (χ0n) is 12.3. The molecule has 0 aliphatic heterocycles. The van der Waals surface area contributed by atoms with Crippen LogP contribution in [0, 0.1) is 0 Å². The van der Waals surface area contributed by atoms with E-state index in [1.165, 1.54) is 16.3 Å². The summed E-state index contributed by atoms with van der Waals surface area (Å²) in [7, 11) is 1.70. The van der Waals surface area contributed by atoms with Gasteiger partial charge in [-0.3, -0.25) is 0 Å². The van der Waals surface area contributed by atoms with Crippen molar-refractivity contribution in [2.45, 2.75) is 26.2 Å². The van der Waals surface area contributed by atoms with Crippen molar-refractivity contribution in [3.05, 3.63) is 42.0 Å². The summed E-state index contributed by atoms with van der Waals surface area (Å²) < 4.78 is 5.26. The monoisotopic (exact) mass is 257 g/mol.